The van der Waals surface area contributed by atoms with Gasteiger partial charge in [0.05, 0.1) is 12.9 Å². The summed E-state index contributed by atoms with van der Waals surface area (Å²) in [6.07, 6.45) is 0.518. The highest BCUT2D eigenvalue weighted by molar-refractivity contribution is 7.99. The minimum atomic E-state index is -0.541. The van der Waals surface area contributed by atoms with E-state index in [1.165, 1.54) is 23.9 Å². The number of hydrogen-bond acceptors (Lipinski definition) is 4. The summed E-state index contributed by atoms with van der Waals surface area (Å²) in [5, 5.41) is 2.65. The van der Waals surface area contributed by atoms with E-state index < -0.39 is 6.04 Å². The Labute approximate surface area is 175 Å². The van der Waals surface area contributed by atoms with E-state index in [0.717, 1.165) is 16.9 Å². The van der Waals surface area contributed by atoms with Crippen molar-refractivity contribution in [2.75, 3.05) is 19.9 Å². The van der Waals surface area contributed by atoms with Crippen molar-refractivity contribution in [3.8, 4) is 5.75 Å². The molecule has 1 atom stereocenters. The molecule has 0 saturated heterocycles. The summed E-state index contributed by atoms with van der Waals surface area (Å²) in [5.41, 5.74) is 1.87. The predicted octanol–water partition coefficient (Wildman–Crippen LogP) is 3.62. The van der Waals surface area contributed by atoms with Gasteiger partial charge in [-0.2, -0.15) is 0 Å². The van der Waals surface area contributed by atoms with Crippen LogP contribution in [0.4, 0.5) is 4.39 Å². The van der Waals surface area contributed by atoms with Gasteiger partial charge in [-0.3, -0.25) is 9.59 Å². The van der Waals surface area contributed by atoms with Crippen LogP contribution in [0.15, 0.2) is 48.5 Å². The van der Waals surface area contributed by atoms with Crippen LogP contribution in [0.3, 0.4) is 0 Å². The van der Waals surface area contributed by atoms with Gasteiger partial charge in [0.15, 0.2) is 0 Å². The number of carbonyl (C=O) groups excluding carboxylic acids is 2. The molecule has 2 amide bonds. The zero-order valence-electron chi connectivity index (χ0n) is 17.0. The molecule has 0 spiro atoms. The molecule has 29 heavy (non-hydrogen) atoms. The summed E-state index contributed by atoms with van der Waals surface area (Å²) in [6, 6.07) is 13.1. The fraction of sp³-hybridized carbons (Fsp3) is 0.364. The molecular weight excluding hydrogens is 391 g/mol. The number of amides is 2. The SMILES string of the molecule is CC[C@@H](C(=O)NC)N(Cc1ccc(OC)cc1)C(=O)CSCc1ccc(F)cc1. The summed E-state index contributed by atoms with van der Waals surface area (Å²) in [4.78, 5) is 26.9. The van der Waals surface area contributed by atoms with Crippen LogP contribution in [0.2, 0.25) is 0 Å². The number of hydrogen-bond donors (Lipinski definition) is 1. The summed E-state index contributed by atoms with van der Waals surface area (Å²) in [7, 11) is 3.17. The molecule has 0 aliphatic rings. The van der Waals surface area contributed by atoms with Gasteiger partial charge in [0.25, 0.3) is 0 Å². The first-order valence-corrected chi connectivity index (χ1v) is 10.6. The second-order valence-electron chi connectivity index (χ2n) is 6.53. The van der Waals surface area contributed by atoms with E-state index in [1.54, 1.807) is 31.2 Å². The Morgan fingerprint density at radius 3 is 2.28 bits per heavy atom. The van der Waals surface area contributed by atoms with Crippen LogP contribution in [-0.2, 0) is 21.9 Å². The first-order valence-electron chi connectivity index (χ1n) is 9.44. The van der Waals surface area contributed by atoms with Crippen molar-refractivity contribution in [2.45, 2.75) is 31.7 Å². The van der Waals surface area contributed by atoms with Crippen molar-refractivity contribution in [3.05, 3.63) is 65.5 Å². The van der Waals surface area contributed by atoms with Crippen LogP contribution >= 0.6 is 11.8 Å². The molecule has 0 heterocycles. The zero-order valence-corrected chi connectivity index (χ0v) is 17.8. The number of halogens is 1. The third-order valence-electron chi connectivity index (χ3n) is 4.55. The number of likely N-dealkylation sites (N-methyl/N-ethyl adjacent to an activating group) is 1. The number of carbonyl (C=O) groups is 2. The maximum absolute atomic E-state index is 13.0. The van der Waals surface area contributed by atoms with Crippen LogP contribution in [0.25, 0.3) is 0 Å². The number of rotatable bonds is 10. The molecule has 2 aromatic rings. The second kappa shape index (κ2) is 11.5. The Morgan fingerprint density at radius 1 is 1.10 bits per heavy atom. The lowest BCUT2D eigenvalue weighted by Gasteiger charge is -2.30. The highest BCUT2D eigenvalue weighted by Crippen LogP contribution is 2.19. The third-order valence-corrected chi connectivity index (χ3v) is 5.54. The van der Waals surface area contributed by atoms with Gasteiger partial charge in [-0.1, -0.05) is 31.2 Å². The molecule has 1 N–H and O–H groups in total. The summed E-state index contributed by atoms with van der Waals surface area (Å²) >= 11 is 1.45. The van der Waals surface area contributed by atoms with Gasteiger partial charge in [0, 0.05) is 19.3 Å². The molecule has 156 valence electrons. The van der Waals surface area contributed by atoms with Gasteiger partial charge < -0.3 is 15.0 Å². The lowest BCUT2D eigenvalue weighted by molar-refractivity contribution is -0.139. The highest BCUT2D eigenvalue weighted by atomic mass is 32.2. The molecule has 0 unspecified atom stereocenters. The Kier molecular flexibility index (Phi) is 8.99. The van der Waals surface area contributed by atoms with E-state index in [0.29, 0.717) is 18.7 Å². The lowest BCUT2D eigenvalue weighted by atomic mass is 10.1. The fourth-order valence-corrected chi connectivity index (χ4v) is 3.80. The number of benzene rings is 2. The van der Waals surface area contributed by atoms with E-state index in [9.17, 15) is 14.0 Å². The van der Waals surface area contributed by atoms with Crippen molar-refractivity contribution in [2.24, 2.45) is 0 Å². The van der Waals surface area contributed by atoms with Crippen LogP contribution < -0.4 is 10.1 Å². The van der Waals surface area contributed by atoms with E-state index in [2.05, 4.69) is 5.32 Å². The summed E-state index contributed by atoms with van der Waals surface area (Å²) < 4.78 is 18.2. The van der Waals surface area contributed by atoms with E-state index in [4.69, 9.17) is 4.74 Å². The summed E-state index contributed by atoms with van der Waals surface area (Å²) in [6.45, 7) is 2.23. The molecule has 2 aromatic carbocycles. The van der Waals surface area contributed by atoms with E-state index in [-0.39, 0.29) is 23.4 Å². The Morgan fingerprint density at radius 2 is 1.72 bits per heavy atom. The van der Waals surface area contributed by atoms with Crippen LogP contribution in [0, 0.1) is 5.82 Å². The average Bonchev–Trinajstić information content (AvgIpc) is 2.75. The zero-order chi connectivity index (χ0) is 21.2. The molecule has 0 aliphatic carbocycles. The number of nitrogens with zero attached hydrogens (tertiary/aromatic N) is 1. The van der Waals surface area contributed by atoms with Crippen molar-refractivity contribution < 1.29 is 18.7 Å². The Balaban J connectivity index is 2.08. The quantitative estimate of drug-likeness (QED) is 0.640. The highest BCUT2D eigenvalue weighted by Gasteiger charge is 2.27. The molecule has 7 heteroatoms. The van der Waals surface area contributed by atoms with Crippen molar-refractivity contribution in [1.29, 1.82) is 0 Å². The first-order chi connectivity index (χ1) is 14.0. The fourth-order valence-electron chi connectivity index (χ4n) is 2.93. The molecule has 0 aliphatic heterocycles. The van der Waals surface area contributed by atoms with Crippen LogP contribution in [0.5, 0.6) is 5.75 Å². The Hall–Kier alpha value is -2.54. The topological polar surface area (TPSA) is 58.6 Å². The molecule has 0 saturated carbocycles. The van der Waals surface area contributed by atoms with Gasteiger partial charge in [0.2, 0.25) is 11.8 Å². The molecule has 0 radical (unpaired) electrons. The average molecular weight is 419 g/mol. The number of nitrogens with one attached hydrogen (secondary N) is 1. The maximum atomic E-state index is 13.0. The van der Waals surface area contributed by atoms with Crippen molar-refractivity contribution >= 4 is 23.6 Å². The molecule has 0 aromatic heterocycles. The van der Waals surface area contributed by atoms with E-state index in [1.807, 2.05) is 31.2 Å². The first kappa shape index (κ1) is 22.7. The molecule has 0 fully saturated rings. The van der Waals surface area contributed by atoms with Crippen LogP contribution in [-0.4, -0.2) is 42.7 Å². The third kappa shape index (κ3) is 6.78. The standard InChI is InChI=1S/C22H27FN2O3S/c1-4-20(22(27)24-2)25(13-16-7-11-19(28-3)12-8-16)21(26)15-29-14-17-5-9-18(23)10-6-17/h5-12,20H,4,13-15H2,1-3H3,(H,24,27)/t20-/m0/s1. The van der Waals surface area contributed by atoms with Crippen molar-refractivity contribution in [3.63, 3.8) is 0 Å². The van der Waals surface area contributed by atoms with Gasteiger partial charge >= 0.3 is 0 Å². The van der Waals surface area contributed by atoms with Gasteiger partial charge in [0.1, 0.15) is 17.6 Å². The molecule has 5 nitrogen and oxygen atoms in total. The second-order valence-corrected chi connectivity index (χ2v) is 7.51. The van der Waals surface area contributed by atoms with Gasteiger partial charge in [-0.25, -0.2) is 4.39 Å². The largest absolute Gasteiger partial charge is 0.497 e. The minimum Gasteiger partial charge on any atom is -0.497 e. The Bertz CT molecular complexity index is 797. The maximum Gasteiger partial charge on any atom is 0.242 e. The normalized spacial score (nSPS) is 11.6. The number of methoxy groups -OCH3 is 1. The van der Waals surface area contributed by atoms with Gasteiger partial charge in [-0.15, -0.1) is 11.8 Å². The molecular formula is C22H27FN2O3S. The number of ether oxygens (including phenoxy) is 1. The number of thioether (sulfide) groups is 1. The smallest absolute Gasteiger partial charge is 0.242 e. The summed E-state index contributed by atoms with van der Waals surface area (Å²) in [5.74, 6) is 0.998. The van der Waals surface area contributed by atoms with Gasteiger partial charge in [-0.05, 0) is 41.8 Å². The molecule has 2 rings (SSSR count). The lowest BCUT2D eigenvalue weighted by Crippen LogP contribution is -2.48. The van der Waals surface area contributed by atoms with Crippen LogP contribution in [0.1, 0.15) is 24.5 Å². The van der Waals surface area contributed by atoms with E-state index >= 15 is 0 Å². The molecule has 0 bridgehead atoms. The monoisotopic (exact) mass is 418 g/mol. The minimum absolute atomic E-state index is 0.108. The van der Waals surface area contributed by atoms with Crippen molar-refractivity contribution in [1.82, 2.24) is 10.2 Å². The predicted molar refractivity (Wildman–Crippen MR) is 114 cm³/mol.